The van der Waals surface area contributed by atoms with Crippen LogP contribution in [0.4, 0.5) is 5.69 Å². The number of carbonyl (C=O) groups is 1. The average Bonchev–Trinajstić information content (AvgIpc) is 2.85. The molecule has 0 aliphatic heterocycles. The molecule has 0 aliphatic carbocycles. The van der Waals surface area contributed by atoms with Crippen molar-refractivity contribution in [1.82, 2.24) is 0 Å². The lowest BCUT2D eigenvalue weighted by Gasteiger charge is -2.07. The third-order valence-corrected chi connectivity index (χ3v) is 3.09. The maximum Gasteiger partial charge on any atom is 0.250 e. The van der Waals surface area contributed by atoms with Crippen LogP contribution in [0.15, 0.2) is 34.7 Å². The van der Waals surface area contributed by atoms with Gasteiger partial charge in [0.25, 0.3) is 0 Å². The molecule has 1 aromatic heterocycles. The standard InChI is InChI=1S/C14H15ClN2O2/c1-2-10-4-5-11(19-10)8-17-9-3-6-13(15)12(7-9)14(16)18/h3-7,17H,2,8H2,1H3,(H2,16,18). The van der Waals surface area contributed by atoms with Crippen molar-refractivity contribution in [2.24, 2.45) is 5.73 Å². The zero-order valence-corrected chi connectivity index (χ0v) is 11.3. The van der Waals surface area contributed by atoms with Crippen LogP contribution in [0.1, 0.15) is 28.8 Å². The lowest BCUT2D eigenvalue weighted by atomic mass is 10.2. The Labute approximate surface area is 116 Å². The molecule has 1 amide bonds. The van der Waals surface area contributed by atoms with Crippen LogP contribution in [0.2, 0.25) is 5.02 Å². The molecule has 2 rings (SSSR count). The number of benzene rings is 1. The Balaban J connectivity index is 2.07. The molecule has 0 spiro atoms. The van der Waals surface area contributed by atoms with Crippen molar-refractivity contribution in [3.05, 3.63) is 52.4 Å². The summed E-state index contributed by atoms with van der Waals surface area (Å²) in [6, 6.07) is 8.95. The maximum absolute atomic E-state index is 11.2. The SMILES string of the molecule is CCc1ccc(CNc2ccc(Cl)c(C(N)=O)c2)o1. The highest BCUT2D eigenvalue weighted by atomic mass is 35.5. The molecule has 0 fully saturated rings. The van der Waals surface area contributed by atoms with Crippen molar-refractivity contribution >= 4 is 23.2 Å². The van der Waals surface area contributed by atoms with E-state index in [9.17, 15) is 4.79 Å². The van der Waals surface area contributed by atoms with Crippen molar-refractivity contribution in [2.45, 2.75) is 19.9 Å². The van der Waals surface area contributed by atoms with E-state index in [0.29, 0.717) is 17.1 Å². The third-order valence-electron chi connectivity index (χ3n) is 2.76. The van der Waals surface area contributed by atoms with Gasteiger partial charge in [0.2, 0.25) is 5.91 Å². The van der Waals surface area contributed by atoms with Gasteiger partial charge >= 0.3 is 0 Å². The highest BCUT2D eigenvalue weighted by Crippen LogP contribution is 2.21. The number of halogens is 1. The molecule has 5 heteroatoms. The summed E-state index contributed by atoms with van der Waals surface area (Å²) >= 11 is 5.88. The molecule has 100 valence electrons. The first-order valence-corrected chi connectivity index (χ1v) is 6.38. The zero-order valence-electron chi connectivity index (χ0n) is 10.6. The Bertz CT molecular complexity index is 593. The molecule has 0 aliphatic rings. The van der Waals surface area contributed by atoms with Crippen LogP contribution in [-0.4, -0.2) is 5.91 Å². The van der Waals surface area contributed by atoms with E-state index in [1.165, 1.54) is 0 Å². The third kappa shape index (κ3) is 3.29. The summed E-state index contributed by atoms with van der Waals surface area (Å²) in [6.45, 7) is 2.58. The Hall–Kier alpha value is -1.94. The summed E-state index contributed by atoms with van der Waals surface area (Å²) in [6.07, 6.45) is 0.868. The summed E-state index contributed by atoms with van der Waals surface area (Å²) in [4.78, 5) is 11.2. The van der Waals surface area contributed by atoms with E-state index >= 15 is 0 Å². The number of amides is 1. The summed E-state index contributed by atoms with van der Waals surface area (Å²) in [5.41, 5.74) is 6.32. The Morgan fingerprint density at radius 1 is 1.32 bits per heavy atom. The van der Waals surface area contributed by atoms with Gasteiger partial charge in [0.15, 0.2) is 0 Å². The van der Waals surface area contributed by atoms with Gasteiger partial charge in [-0.1, -0.05) is 18.5 Å². The van der Waals surface area contributed by atoms with Crippen molar-refractivity contribution in [2.75, 3.05) is 5.32 Å². The predicted molar refractivity (Wildman–Crippen MR) is 75.4 cm³/mol. The fourth-order valence-corrected chi connectivity index (χ4v) is 1.93. The Morgan fingerprint density at radius 3 is 2.68 bits per heavy atom. The lowest BCUT2D eigenvalue weighted by molar-refractivity contribution is 0.100. The van der Waals surface area contributed by atoms with Crippen molar-refractivity contribution in [3.8, 4) is 0 Å². The van der Waals surface area contributed by atoms with Gasteiger partial charge < -0.3 is 15.5 Å². The van der Waals surface area contributed by atoms with Gasteiger partial charge in [-0.15, -0.1) is 0 Å². The summed E-state index contributed by atoms with van der Waals surface area (Å²) < 4.78 is 5.58. The molecule has 1 heterocycles. The van der Waals surface area contributed by atoms with E-state index in [0.717, 1.165) is 23.6 Å². The zero-order chi connectivity index (χ0) is 13.8. The first-order valence-electron chi connectivity index (χ1n) is 6.01. The highest BCUT2D eigenvalue weighted by Gasteiger charge is 2.08. The predicted octanol–water partition coefficient (Wildman–Crippen LogP) is 3.21. The number of carbonyl (C=O) groups excluding carboxylic acids is 1. The highest BCUT2D eigenvalue weighted by molar-refractivity contribution is 6.33. The van der Waals surface area contributed by atoms with E-state index in [2.05, 4.69) is 5.32 Å². The summed E-state index contributed by atoms with van der Waals surface area (Å²) in [5.74, 6) is 1.25. The van der Waals surface area contributed by atoms with Crippen molar-refractivity contribution in [1.29, 1.82) is 0 Å². The van der Waals surface area contributed by atoms with Gasteiger partial charge in [0.1, 0.15) is 11.5 Å². The fourth-order valence-electron chi connectivity index (χ4n) is 1.72. The van der Waals surface area contributed by atoms with Gasteiger partial charge in [-0.25, -0.2) is 0 Å². The maximum atomic E-state index is 11.2. The van der Waals surface area contributed by atoms with Crippen molar-refractivity contribution in [3.63, 3.8) is 0 Å². The van der Waals surface area contributed by atoms with Crippen molar-refractivity contribution < 1.29 is 9.21 Å². The van der Waals surface area contributed by atoms with E-state index in [-0.39, 0.29) is 0 Å². The van der Waals surface area contributed by atoms with E-state index in [1.807, 2.05) is 19.1 Å². The van der Waals surface area contributed by atoms with Crippen LogP contribution in [0, 0.1) is 0 Å². The Kier molecular flexibility index (Phi) is 4.12. The normalized spacial score (nSPS) is 10.4. The molecule has 19 heavy (non-hydrogen) atoms. The number of anilines is 1. The first kappa shape index (κ1) is 13.5. The lowest BCUT2D eigenvalue weighted by Crippen LogP contribution is -2.12. The minimum Gasteiger partial charge on any atom is -0.464 e. The van der Waals surface area contributed by atoms with Crippen LogP contribution in [0.25, 0.3) is 0 Å². The quantitative estimate of drug-likeness (QED) is 0.882. The number of furan rings is 1. The van der Waals surface area contributed by atoms with Crippen LogP contribution in [0.5, 0.6) is 0 Å². The van der Waals surface area contributed by atoms with Crippen LogP contribution >= 0.6 is 11.6 Å². The number of hydrogen-bond acceptors (Lipinski definition) is 3. The van der Waals surface area contributed by atoms with Gasteiger partial charge in [0, 0.05) is 12.1 Å². The Morgan fingerprint density at radius 2 is 2.05 bits per heavy atom. The van der Waals surface area contributed by atoms with E-state index < -0.39 is 5.91 Å². The minimum absolute atomic E-state index is 0.306. The number of nitrogens with one attached hydrogen (secondary N) is 1. The molecule has 4 nitrogen and oxygen atoms in total. The van der Waals surface area contributed by atoms with Gasteiger partial charge in [-0.3, -0.25) is 4.79 Å². The largest absolute Gasteiger partial charge is 0.464 e. The molecule has 1 aromatic carbocycles. The van der Waals surface area contributed by atoms with Crippen LogP contribution in [-0.2, 0) is 13.0 Å². The molecule has 0 atom stereocenters. The fraction of sp³-hybridized carbons (Fsp3) is 0.214. The molecule has 0 saturated heterocycles. The molecule has 3 N–H and O–H groups in total. The second-order valence-electron chi connectivity index (χ2n) is 4.13. The van der Waals surface area contributed by atoms with Gasteiger partial charge in [-0.2, -0.15) is 0 Å². The molecule has 0 bridgehead atoms. The van der Waals surface area contributed by atoms with Gasteiger partial charge in [-0.05, 0) is 30.3 Å². The van der Waals surface area contributed by atoms with E-state index in [1.54, 1.807) is 18.2 Å². The summed E-state index contributed by atoms with van der Waals surface area (Å²) in [7, 11) is 0. The second-order valence-corrected chi connectivity index (χ2v) is 4.54. The molecule has 2 aromatic rings. The molecular weight excluding hydrogens is 264 g/mol. The second kappa shape index (κ2) is 5.80. The smallest absolute Gasteiger partial charge is 0.250 e. The number of aryl methyl sites for hydroxylation is 1. The number of rotatable bonds is 5. The van der Waals surface area contributed by atoms with Crippen LogP contribution in [0.3, 0.4) is 0 Å². The molecule has 0 radical (unpaired) electrons. The monoisotopic (exact) mass is 278 g/mol. The molecular formula is C14H15ClN2O2. The van der Waals surface area contributed by atoms with Crippen LogP contribution < -0.4 is 11.1 Å². The number of nitrogens with two attached hydrogens (primary N) is 1. The first-order chi connectivity index (χ1) is 9.10. The topological polar surface area (TPSA) is 68.3 Å². The minimum atomic E-state index is -0.542. The molecule has 0 saturated carbocycles. The summed E-state index contributed by atoms with van der Waals surface area (Å²) in [5, 5.41) is 3.51. The number of primary amides is 1. The van der Waals surface area contributed by atoms with Gasteiger partial charge in [0.05, 0.1) is 17.1 Å². The average molecular weight is 279 g/mol. The number of hydrogen-bond donors (Lipinski definition) is 2. The molecule has 0 unspecified atom stereocenters. The van der Waals surface area contributed by atoms with E-state index in [4.69, 9.17) is 21.8 Å².